The molecule has 1 rings (SSSR count). The van der Waals surface area contributed by atoms with Gasteiger partial charge in [-0.15, -0.1) is 24.0 Å². The number of benzene rings is 1. The van der Waals surface area contributed by atoms with Gasteiger partial charge in [-0.25, -0.2) is 8.42 Å². The Bertz CT molecular complexity index is 648. The maximum atomic E-state index is 11.2. The summed E-state index contributed by atoms with van der Waals surface area (Å²) >= 11 is 0. The van der Waals surface area contributed by atoms with E-state index >= 15 is 0 Å². The van der Waals surface area contributed by atoms with Crippen LogP contribution in [0.4, 0.5) is 0 Å². The second-order valence-corrected chi connectivity index (χ2v) is 8.66. The molecule has 0 radical (unpaired) electrons. The molecule has 1 aromatic carbocycles. The first-order valence-corrected chi connectivity index (χ1v) is 10.1. The topological polar surface area (TPSA) is 73.8 Å². The zero-order chi connectivity index (χ0) is 18.2. The molecule has 0 fully saturated rings. The SMILES string of the molecule is CN=C(NCc1ccccc1CN(C)C)NC(C)CCS(C)(=O)=O.I. The second-order valence-electron chi connectivity index (χ2n) is 6.40. The lowest BCUT2D eigenvalue weighted by atomic mass is 10.1. The van der Waals surface area contributed by atoms with Gasteiger partial charge in [0.05, 0.1) is 5.75 Å². The van der Waals surface area contributed by atoms with Crippen LogP contribution in [0.2, 0.25) is 0 Å². The van der Waals surface area contributed by atoms with Crippen molar-refractivity contribution in [2.75, 3.05) is 33.2 Å². The van der Waals surface area contributed by atoms with Crippen molar-refractivity contribution < 1.29 is 8.42 Å². The van der Waals surface area contributed by atoms with Crippen LogP contribution >= 0.6 is 24.0 Å². The first-order valence-electron chi connectivity index (χ1n) is 8.07. The minimum Gasteiger partial charge on any atom is -0.354 e. The Morgan fingerprint density at radius 3 is 2.36 bits per heavy atom. The summed E-state index contributed by atoms with van der Waals surface area (Å²) in [6.45, 7) is 3.51. The van der Waals surface area contributed by atoms with E-state index in [1.807, 2.05) is 33.2 Å². The second kappa shape index (κ2) is 11.7. The number of guanidine groups is 1. The van der Waals surface area contributed by atoms with Crippen LogP contribution < -0.4 is 10.6 Å². The number of nitrogens with one attached hydrogen (secondary N) is 2. The molecule has 0 spiro atoms. The Hall–Kier alpha value is -0.870. The molecule has 0 saturated carbocycles. The monoisotopic (exact) mass is 482 g/mol. The van der Waals surface area contributed by atoms with Crippen LogP contribution in [0.25, 0.3) is 0 Å². The predicted molar refractivity (Wildman–Crippen MR) is 116 cm³/mol. The molecule has 0 aromatic heterocycles. The molecule has 2 N–H and O–H groups in total. The third kappa shape index (κ3) is 10.7. The van der Waals surface area contributed by atoms with Crippen LogP contribution in [0, 0.1) is 0 Å². The van der Waals surface area contributed by atoms with E-state index in [-0.39, 0.29) is 35.8 Å². The Balaban J connectivity index is 0.00000576. The van der Waals surface area contributed by atoms with E-state index in [0.29, 0.717) is 18.9 Å². The fraction of sp³-hybridized carbons (Fsp3) is 0.588. The molecule has 0 amide bonds. The van der Waals surface area contributed by atoms with E-state index in [9.17, 15) is 8.42 Å². The van der Waals surface area contributed by atoms with Crippen LogP contribution in [-0.2, 0) is 22.9 Å². The van der Waals surface area contributed by atoms with Gasteiger partial charge in [0.15, 0.2) is 5.96 Å². The summed E-state index contributed by atoms with van der Waals surface area (Å²) in [6.07, 6.45) is 1.81. The van der Waals surface area contributed by atoms with Crippen molar-refractivity contribution in [1.29, 1.82) is 0 Å². The molecule has 1 atom stereocenters. The molecule has 0 bridgehead atoms. The minimum atomic E-state index is -2.94. The van der Waals surface area contributed by atoms with Crippen molar-refractivity contribution in [3.8, 4) is 0 Å². The Kier molecular flexibility index (Phi) is 11.3. The van der Waals surface area contributed by atoms with Gasteiger partial charge in [0, 0.05) is 32.4 Å². The number of aliphatic imine (C=N–C) groups is 1. The maximum absolute atomic E-state index is 11.2. The summed E-state index contributed by atoms with van der Waals surface area (Å²) < 4.78 is 22.5. The highest BCUT2D eigenvalue weighted by atomic mass is 127. The smallest absolute Gasteiger partial charge is 0.191 e. The van der Waals surface area contributed by atoms with E-state index in [0.717, 1.165) is 6.54 Å². The van der Waals surface area contributed by atoms with Gasteiger partial charge in [0.2, 0.25) is 0 Å². The van der Waals surface area contributed by atoms with Crippen molar-refractivity contribution in [3.05, 3.63) is 35.4 Å². The maximum Gasteiger partial charge on any atom is 0.191 e. The lowest BCUT2D eigenvalue weighted by Crippen LogP contribution is -2.42. The summed E-state index contributed by atoms with van der Waals surface area (Å²) in [5.74, 6) is 0.847. The number of halogens is 1. The van der Waals surface area contributed by atoms with Gasteiger partial charge in [0.25, 0.3) is 0 Å². The van der Waals surface area contributed by atoms with Crippen molar-refractivity contribution in [1.82, 2.24) is 15.5 Å². The lowest BCUT2D eigenvalue weighted by Gasteiger charge is -2.19. The van der Waals surface area contributed by atoms with Gasteiger partial charge in [-0.2, -0.15) is 0 Å². The molecule has 1 unspecified atom stereocenters. The molecular formula is C17H31IN4O2S. The van der Waals surface area contributed by atoms with Gasteiger partial charge in [-0.05, 0) is 38.6 Å². The van der Waals surface area contributed by atoms with Gasteiger partial charge in [-0.3, -0.25) is 4.99 Å². The number of sulfone groups is 1. The third-order valence-electron chi connectivity index (χ3n) is 3.58. The van der Waals surface area contributed by atoms with Crippen molar-refractivity contribution >= 4 is 39.8 Å². The predicted octanol–water partition coefficient (Wildman–Crippen LogP) is 1.85. The summed E-state index contributed by atoms with van der Waals surface area (Å²) in [5.41, 5.74) is 2.49. The molecule has 0 aliphatic heterocycles. The fourth-order valence-corrected chi connectivity index (χ4v) is 3.08. The number of nitrogens with zero attached hydrogens (tertiary/aromatic N) is 2. The van der Waals surface area contributed by atoms with Crippen molar-refractivity contribution in [2.24, 2.45) is 4.99 Å². The van der Waals surface area contributed by atoms with Crippen molar-refractivity contribution in [2.45, 2.75) is 32.5 Å². The standard InChI is InChI=1S/C17H30N4O2S.HI/c1-14(10-11-24(5,22)23)20-17(18-2)19-12-15-8-6-7-9-16(15)13-21(3)4;/h6-9,14H,10-13H2,1-5H3,(H2,18,19,20);1H. The first kappa shape index (κ1) is 24.1. The highest BCUT2D eigenvalue weighted by Crippen LogP contribution is 2.10. The zero-order valence-corrected chi connectivity index (χ0v) is 18.9. The molecule has 1 aromatic rings. The Morgan fingerprint density at radius 2 is 1.84 bits per heavy atom. The summed E-state index contributed by atoms with van der Waals surface area (Å²) in [4.78, 5) is 6.35. The van der Waals surface area contributed by atoms with E-state index in [4.69, 9.17) is 0 Å². The Labute approximate surface area is 169 Å². The van der Waals surface area contributed by atoms with Crippen LogP contribution in [0.3, 0.4) is 0 Å². The van der Waals surface area contributed by atoms with E-state index < -0.39 is 9.84 Å². The number of hydrogen-bond acceptors (Lipinski definition) is 4. The van der Waals surface area contributed by atoms with E-state index in [2.05, 4.69) is 32.7 Å². The van der Waals surface area contributed by atoms with Crippen LogP contribution in [0.5, 0.6) is 0 Å². The highest BCUT2D eigenvalue weighted by Gasteiger charge is 2.10. The van der Waals surface area contributed by atoms with E-state index in [1.165, 1.54) is 17.4 Å². The third-order valence-corrected chi connectivity index (χ3v) is 4.56. The lowest BCUT2D eigenvalue weighted by molar-refractivity contribution is 0.400. The van der Waals surface area contributed by atoms with Gasteiger partial charge >= 0.3 is 0 Å². The number of hydrogen-bond donors (Lipinski definition) is 2. The molecule has 0 aliphatic carbocycles. The Morgan fingerprint density at radius 1 is 1.24 bits per heavy atom. The van der Waals surface area contributed by atoms with Gasteiger partial charge < -0.3 is 15.5 Å². The quantitative estimate of drug-likeness (QED) is 0.336. The molecule has 0 heterocycles. The molecule has 0 aliphatic rings. The average Bonchev–Trinajstić information content (AvgIpc) is 2.49. The minimum absolute atomic E-state index is 0. The summed E-state index contributed by atoms with van der Waals surface area (Å²) in [6, 6.07) is 8.33. The molecule has 6 nitrogen and oxygen atoms in total. The summed E-state index contributed by atoms with van der Waals surface area (Å²) in [5, 5.41) is 6.53. The van der Waals surface area contributed by atoms with Gasteiger partial charge in [-0.1, -0.05) is 24.3 Å². The largest absolute Gasteiger partial charge is 0.354 e. The van der Waals surface area contributed by atoms with Crippen LogP contribution in [0.1, 0.15) is 24.5 Å². The van der Waals surface area contributed by atoms with E-state index in [1.54, 1.807) is 7.05 Å². The normalized spacial score (nSPS) is 13.3. The molecule has 25 heavy (non-hydrogen) atoms. The average molecular weight is 482 g/mol. The summed E-state index contributed by atoms with van der Waals surface area (Å²) in [7, 11) is 2.87. The molecule has 144 valence electrons. The fourth-order valence-electron chi connectivity index (χ4n) is 2.29. The van der Waals surface area contributed by atoms with Crippen LogP contribution in [0.15, 0.2) is 29.3 Å². The van der Waals surface area contributed by atoms with Crippen LogP contribution in [-0.4, -0.2) is 58.5 Å². The number of rotatable bonds is 8. The zero-order valence-electron chi connectivity index (χ0n) is 15.7. The molecule has 0 saturated heterocycles. The molecule has 8 heteroatoms. The van der Waals surface area contributed by atoms with Crippen molar-refractivity contribution in [3.63, 3.8) is 0 Å². The molecular weight excluding hydrogens is 451 g/mol. The highest BCUT2D eigenvalue weighted by molar-refractivity contribution is 14.0. The van der Waals surface area contributed by atoms with Gasteiger partial charge in [0.1, 0.15) is 9.84 Å². The first-order chi connectivity index (χ1) is 11.2.